The first-order valence-electron chi connectivity index (χ1n) is 20.2. The Morgan fingerprint density at radius 2 is 1.85 bits per heavy atom. The monoisotopic (exact) mass is 889 g/mol. The summed E-state index contributed by atoms with van der Waals surface area (Å²) in [5.41, 5.74) is 6.63. The number of nitrogens with zero attached hydrogens (tertiary/aromatic N) is 5. The van der Waals surface area contributed by atoms with E-state index in [9.17, 15) is 23.1 Å². The number of nitrogens with one attached hydrogen (secondary N) is 2. The number of hydrogen-bond donors (Lipinski definition) is 3. The number of halogens is 1. The first-order valence-corrected chi connectivity index (χ1v) is 22.8. The van der Waals surface area contributed by atoms with E-state index in [4.69, 9.17) is 25.8 Å². The fourth-order valence-corrected chi connectivity index (χ4v) is 10.5. The number of para-hydroxylation sites is 1. The van der Waals surface area contributed by atoms with E-state index in [0.717, 1.165) is 79.5 Å². The van der Waals surface area contributed by atoms with Crippen molar-refractivity contribution in [1.29, 1.82) is 0 Å². The predicted molar refractivity (Wildman–Crippen MR) is 234 cm³/mol. The number of morpholine rings is 1. The highest BCUT2D eigenvalue weighted by molar-refractivity contribution is 7.92. The number of piperazine rings is 1. The molecule has 1 atom stereocenters. The molecule has 0 unspecified atom stereocenters. The third-order valence-corrected chi connectivity index (χ3v) is 14.6. The van der Waals surface area contributed by atoms with E-state index in [1.54, 1.807) is 30.6 Å². The molecule has 61 heavy (non-hydrogen) atoms. The molecule has 2 amide bonds. The second-order valence-corrected chi connectivity index (χ2v) is 19.6. The van der Waals surface area contributed by atoms with Crippen molar-refractivity contribution in [2.24, 2.45) is 5.41 Å². The smallest absolute Gasteiger partial charge is 0.407 e. The summed E-state index contributed by atoms with van der Waals surface area (Å²) in [5.74, 6) is -0.328. The summed E-state index contributed by atoms with van der Waals surface area (Å²) >= 11 is 7.00. The van der Waals surface area contributed by atoms with Crippen molar-refractivity contribution in [2.45, 2.75) is 50.3 Å². The number of allylic oxidation sites excluding steroid dienone is 1. The second-order valence-electron chi connectivity index (χ2n) is 16.4. The van der Waals surface area contributed by atoms with E-state index in [2.05, 4.69) is 55.5 Å². The average Bonchev–Trinajstić information content (AvgIpc) is 3.89. The van der Waals surface area contributed by atoms with Gasteiger partial charge in [-0.05, 0) is 79.1 Å². The molecule has 2 aromatic heterocycles. The average molecular weight is 890 g/mol. The number of carbonyl (C=O) groups excluding carboxylic acids is 1. The number of fused-ring (bicyclic) bond motifs is 1. The van der Waals surface area contributed by atoms with Crippen molar-refractivity contribution < 1.29 is 37.3 Å². The van der Waals surface area contributed by atoms with Crippen molar-refractivity contribution in [2.75, 3.05) is 63.9 Å². The summed E-state index contributed by atoms with van der Waals surface area (Å²) < 4.78 is 47.2. The van der Waals surface area contributed by atoms with E-state index in [0.29, 0.717) is 11.3 Å². The zero-order chi connectivity index (χ0) is 42.9. The van der Waals surface area contributed by atoms with Crippen LogP contribution in [0.4, 0.5) is 10.5 Å². The van der Waals surface area contributed by atoms with E-state index >= 15 is 0 Å². The molecule has 3 N–H and O–H groups in total. The van der Waals surface area contributed by atoms with Gasteiger partial charge in [-0.15, -0.1) is 0 Å². The number of anilines is 1. The van der Waals surface area contributed by atoms with Crippen molar-refractivity contribution in [1.82, 2.24) is 29.5 Å². The summed E-state index contributed by atoms with van der Waals surface area (Å²) in [5, 5.41) is 10.1. The molecule has 2 fully saturated rings. The number of aryl methyl sites for hydroxylation is 1. The Labute approximate surface area is 363 Å². The summed E-state index contributed by atoms with van der Waals surface area (Å²) in [7, 11) is -4.41. The molecule has 15 nitrogen and oxygen atoms in total. The maximum Gasteiger partial charge on any atom is 0.407 e. The van der Waals surface area contributed by atoms with Gasteiger partial charge in [-0.3, -0.25) is 9.69 Å². The first kappa shape index (κ1) is 42.5. The lowest BCUT2D eigenvalue weighted by Gasteiger charge is -2.39. The van der Waals surface area contributed by atoms with Crippen molar-refractivity contribution in [3.05, 3.63) is 94.4 Å². The van der Waals surface area contributed by atoms with Crippen LogP contribution in [0, 0.1) is 12.3 Å². The number of carboxylic acid groups (broad SMARTS) is 1. The Hall–Kier alpha value is -5.20. The molecule has 2 aliphatic heterocycles. The van der Waals surface area contributed by atoms with Gasteiger partial charge in [0.2, 0.25) is 0 Å². The van der Waals surface area contributed by atoms with Gasteiger partial charge in [0.25, 0.3) is 21.1 Å². The Kier molecular flexibility index (Phi) is 12.3. The van der Waals surface area contributed by atoms with Crippen LogP contribution in [-0.2, 0) is 14.8 Å². The molecule has 0 radical (unpaired) electrons. The number of imidazole rings is 1. The minimum Gasteiger partial charge on any atom is -0.467 e. The van der Waals surface area contributed by atoms with Crippen LogP contribution >= 0.6 is 22.9 Å². The summed E-state index contributed by atoms with van der Waals surface area (Å²) in [4.78, 5) is 43.1. The highest BCUT2D eigenvalue weighted by Gasteiger charge is 2.31. The van der Waals surface area contributed by atoms with E-state index < -0.39 is 28.1 Å². The fourth-order valence-electron chi connectivity index (χ4n) is 8.07. The van der Waals surface area contributed by atoms with E-state index in [-0.39, 0.29) is 58.1 Å². The quantitative estimate of drug-likeness (QED) is 0.113. The molecule has 4 heterocycles. The number of thiazole rings is 1. The molecule has 5 aromatic rings. The Morgan fingerprint density at radius 3 is 2.62 bits per heavy atom. The minimum absolute atomic E-state index is 0.0106. The van der Waals surface area contributed by atoms with Gasteiger partial charge in [0.05, 0.1) is 36.3 Å². The molecule has 3 aromatic carbocycles. The summed E-state index contributed by atoms with van der Waals surface area (Å²) in [6, 6.07) is 18.8. The number of hydrogen-bond acceptors (Lipinski definition) is 12. The molecule has 0 spiro atoms. The van der Waals surface area contributed by atoms with Gasteiger partial charge in [-0.25, -0.2) is 27.9 Å². The van der Waals surface area contributed by atoms with Gasteiger partial charge in [-0.2, -0.15) is 0 Å². The van der Waals surface area contributed by atoms with Crippen LogP contribution in [0.1, 0.15) is 54.7 Å². The normalized spacial score (nSPS) is 18.7. The van der Waals surface area contributed by atoms with Crippen molar-refractivity contribution >= 4 is 67.3 Å². The van der Waals surface area contributed by atoms with Gasteiger partial charge in [0.15, 0.2) is 9.96 Å². The topological polar surface area (TPSA) is 180 Å². The molecule has 0 bridgehead atoms. The number of aromatic amines is 1. The number of H-pyrrole nitrogens is 1. The molecule has 0 saturated carbocycles. The molecule has 18 heteroatoms. The van der Waals surface area contributed by atoms with Gasteiger partial charge in [-0.1, -0.05) is 60.6 Å². The molecule has 8 rings (SSSR count). The van der Waals surface area contributed by atoms with Crippen LogP contribution < -0.4 is 19.1 Å². The molecule has 3 aliphatic rings. The molecular formula is C43H48ClN7O8S2. The number of carbonyl (C=O) groups is 2. The van der Waals surface area contributed by atoms with Gasteiger partial charge >= 0.3 is 6.09 Å². The largest absolute Gasteiger partial charge is 0.467 e. The standard InChI is InChI=1S/C43H48ClN7O8S2/c1-27-40(60-41(47-27)58-25-32-24-51(42(53)54)19-20-57-32)61(55,56)48-39(52)33-12-11-31(21-37(33)59-36-6-4-5-35-38(36)46-26-45-35)50-17-15-49(16-18-50)23-29-13-14-43(2,3)22-34(29)28-7-9-30(44)10-8-28/h4-12,21,26,32H,13-20,22-25H2,1-3H3,(H,45,46)(H,48,52)(H,53,54)/t32-/m0/s1. The number of rotatable bonds is 12. The number of benzene rings is 3. The lowest BCUT2D eigenvalue weighted by atomic mass is 9.72. The molecule has 2 saturated heterocycles. The van der Waals surface area contributed by atoms with Gasteiger partial charge < -0.3 is 34.1 Å². The van der Waals surface area contributed by atoms with Crippen LogP contribution in [0.15, 0.2) is 76.8 Å². The van der Waals surface area contributed by atoms with Crippen molar-refractivity contribution in [3.63, 3.8) is 0 Å². The summed E-state index contributed by atoms with van der Waals surface area (Å²) in [6.07, 6.45) is 3.16. The molecule has 322 valence electrons. The van der Waals surface area contributed by atoms with Gasteiger partial charge in [0.1, 0.15) is 24.0 Å². The van der Waals surface area contributed by atoms with Gasteiger partial charge in [0, 0.05) is 56.0 Å². The van der Waals surface area contributed by atoms with E-state index in [1.807, 2.05) is 24.3 Å². The molecule has 1 aliphatic carbocycles. The number of ether oxygens (including phenoxy) is 3. The van der Waals surface area contributed by atoms with Crippen LogP contribution in [0.2, 0.25) is 5.02 Å². The predicted octanol–water partition coefficient (Wildman–Crippen LogP) is 7.44. The number of sulfonamides is 1. The second kappa shape index (κ2) is 17.6. The van der Waals surface area contributed by atoms with Crippen LogP contribution in [-0.4, -0.2) is 115 Å². The van der Waals surface area contributed by atoms with E-state index in [1.165, 1.54) is 28.5 Å². The maximum atomic E-state index is 14.0. The third-order valence-electron chi connectivity index (χ3n) is 11.4. The SMILES string of the molecule is Cc1nc(OC[C@@H]2CN(C(=O)O)CCO2)sc1S(=O)(=O)NC(=O)c1ccc(N2CCN(CC3=C(c4ccc(Cl)cc4)CC(C)(C)CC3)CC2)cc1Oc1cccc2[nH]cnc12. The van der Waals surface area contributed by atoms with Crippen LogP contribution in [0.25, 0.3) is 16.6 Å². The van der Waals surface area contributed by atoms with Crippen LogP contribution in [0.3, 0.4) is 0 Å². The number of amides is 2. The Bertz CT molecular complexity index is 2570. The zero-order valence-electron chi connectivity index (χ0n) is 34.1. The first-order chi connectivity index (χ1) is 29.2. The van der Waals surface area contributed by atoms with Crippen molar-refractivity contribution in [3.8, 4) is 16.7 Å². The Morgan fingerprint density at radius 1 is 1.07 bits per heavy atom. The number of aromatic nitrogens is 3. The third kappa shape index (κ3) is 9.81. The lowest BCUT2D eigenvalue weighted by Crippen LogP contribution is -2.47. The van der Waals surface area contributed by atoms with Crippen LogP contribution in [0.5, 0.6) is 16.7 Å². The highest BCUT2D eigenvalue weighted by Crippen LogP contribution is 2.43. The maximum absolute atomic E-state index is 14.0. The fraction of sp³-hybridized carbons (Fsp3) is 0.395. The zero-order valence-corrected chi connectivity index (χ0v) is 36.5. The minimum atomic E-state index is -4.41. The highest BCUT2D eigenvalue weighted by atomic mass is 35.5. The molecular weight excluding hydrogens is 842 g/mol. The summed E-state index contributed by atoms with van der Waals surface area (Å²) in [6.45, 7) is 10.8. The lowest BCUT2D eigenvalue weighted by molar-refractivity contribution is -0.0412. The Balaban J connectivity index is 0.987.